The van der Waals surface area contributed by atoms with E-state index in [1.807, 2.05) is 0 Å². The lowest BCUT2D eigenvalue weighted by atomic mass is 10.1. The van der Waals surface area contributed by atoms with Crippen LogP contribution in [-0.2, 0) is 9.53 Å². The zero-order chi connectivity index (χ0) is 13.0. The Hall–Kier alpha value is -1.30. The third-order valence-electron chi connectivity index (χ3n) is 2.99. The van der Waals surface area contributed by atoms with Crippen molar-refractivity contribution in [2.75, 3.05) is 20.3 Å². The summed E-state index contributed by atoms with van der Waals surface area (Å²) in [7, 11) is 1.66. The fraction of sp³-hybridized carbons (Fsp3) is 0.818. The van der Waals surface area contributed by atoms with Crippen molar-refractivity contribution < 1.29 is 19.4 Å². The molecule has 0 aromatic carbocycles. The molecule has 1 heterocycles. The predicted molar refractivity (Wildman–Crippen MR) is 61.8 cm³/mol. The molecular formula is C11H20N2O4. The molecule has 2 atom stereocenters. The minimum Gasteiger partial charge on any atom is -0.480 e. The van der Waals surface area contributed by atoms with Crippen LogP contribution in [0, 0.1) is 5.92 Å². The van der Waals surface area contributed by atoms with Crippen molar-refractivity contribution >= 4 is 12.0 Å². The van der Waals surface area contributed by atoms with E-state index in [0.717, 1.165) is 6.42 Å². The van der Waals surface area contributed by atoms with Gasteiger partial charge in [-0.15, -0.1) is 0 Å². The standard InChI is InChI=1S/C11H20N2O4/c1-7(2)9(10(14)15)12-11(16)13(3)8-4-5-17-6-8/h7-9H,4-6H2,1-3H3,(H,12,16)(H,14,15)/t8?,9-/m0/s1. The minimum atomic E-state index is -1.01. The third-order valence-corrected chi connectivity index (χ3v) is 2.99. The van der Waals surface area contributed by atoms with Crippen molar-refractivity contribution in [2.24, 2.45) is 5.92 Å². The zero-order valence-electron chi connectivity index (χ0n) is 10.5. The lowest BCUT2D eigenvalue weighted by Crippen LogP contribution is -2.51. The van der Waals surface area contributed by atoms with Crippen LogP contribution in [-0.4, -0.2) is 54.4 Å². The first-order valence-corrected chi connectivity index (χ1v) is 5.77. The van der Waals surface area contributed by atoms with Crippen LogP contribution in [0.4, 0.5) is 4.79 Å². The van der Waals surface area contributed by atoms with Gasteiger partial charge in [0.25, 0.3) is 0 Å². The largest absolute Gasteiger partial charge is 0.480 e. The van der Waals surface area contributed by atoms with E-state index >= 15 is 0 Å². The van der Waals surface area contributed by atoms with E-state index in [-0.39, 0.29) is 18.0 Å². The first-order valence-electron chi connectivity index (χ1n) is 5.77. The summed E-state index contributed by atoms with van der Waals surface area (Å²) in [6.45, 7) is 4.69. The fourth-order valence-corrected chi connectivity index (χ4v) is 1.74. The SMILES string of the molecule is CC(C)[C@H](NC(=O)N(C)C1CCOC1)C(=O)O. The summed E-state index contributed by atoms with van der Waals surface area (Å²) >= 11 is 0. The van der Waals surface area contributed by atoms with Crippen LogP contribution in [0.25, 0.3) is 0 Å². The van der Waals surface area contributed by atoms with Crippen LogP contribution < -0.4 is 5.32 Å². The van der Waals surface area contributed by atoms with Gasteiger partial charge < -0.3 is 20.1 Å². The van der Waals surface area contributed by atoms with Gasteiger partial charge in [-0.2, -0.15) is 0 Å². The van der Waals surface area contributed by atoms with Crippen LogP contribution in [0.2, 0.25) is 0 Å². The molecule has 0 aromatic heterocycles. The number of carbonyl (C=O) groups is 2. The summed E-state index contributed by atoms with van der Waals surface area (Å²) in [6, 6.07) is -1.18. The first-order chi connectivity index (χ1) is 7.93. The third kappa shape index (κ3) is 3.59. The molecule has 1 saturated heterocycles. The fourth-order valence-electron chi connectivity index (χ4n) is 1.74. The molecule has 6 nitrogen and oxygen atoms in total. The summed E-state index contributed by atoms with van der Waals surface area (Å²) < 4.78 is 5.19. The lowest BCUT2D eigenvalue weighted by molar-refractivity contribution is -0.140. The maximum absolute atomic E-state index is 11.8. The molecule has 1 aliphatic heterocycles. The molecule has 2 N–H and O–H groups in total. The van der Waals surface area contributed by atoms with Crippen LogP contribution in [0.15, 0.2) is 0 Å². The second kappa shape index (κ2) is 5.86. The average Bonchev–Trinajstić information content (AvgIpc) is 2.76. The van der Waals surface area contributed by atoms with Crippen LogP contribution in [0.1, 0.15) is 20.3 Å². The number of rotatable bonds is 4. The molecule has 1 unspecified atom stereocenters. The van der Waals surface area contributed by atoms with Crippen molar-refractivity contribution in [3.8, 4) is 0 Å². The molecule has 2 amide bonds. The number of aliphatic carboxylic acids is 1. The Kier molecular flexibility index (Phi) is 4.74. The van der Waals surface area contributed by atoms with Gasteiger partial charge in [0, 0.05) is 13.7 Å². The van der Waals surface area contributed by atoms with Gasteiger partial charge in [-0.3, -0.25) is 0 Å². The Labute approximate surface area is 101 Å². The smallest absolute Gasteiger partial charge is 0.326 e. The van der Waals surface area contributed by atoms with Gasteiger partial charge in [0.05, 0.1) is 12.6 Å². The number of likely N-dealkylation sites (N-methyl/N-ethyl adjacent to an activating group) is 1. The van der Waals surface area contributed by atoms with Crippen LogP contribution in [0.5, 0.6) is 0 Å². The maximum atomic E-state index is 11.8. The van der Waals surface area contributed by atoms with Crippen molar-refractivity contribution in [1.29, 1.82) is 0 Å². The van der Waals surface area contributed by atoms with Crippen molar-refractivity contribution in [3.63, 3.8) is 0 Å². The molecule has 1 aliphatic rings. The molecule has 6 heteroatoms. The number of carboxylic acid groups (broad SMARTS) is 1. The number of amides is 2. The first kappa shape index (κ1) is 13.8. The highest BCUT2D eigenvalue weighted by molar-refractivity contribution is 5.82. The van der Waals surface area contributed by atoms with Crippen LogP contribution in [0.3, 0.4) is 0 Å². The topological polar surface area (TPSA) is 78.9 Å². The number of hydrogen-bond donors (Lipinski definition) is 2. The van der Waals surface area contributed by atoms with E-state index in [9.17, 15) is 9.59 Å². The summed E-state index contributed by atoms with van der Waals surface area (Å²) in [5.41, 5.74) is 0. The van der Waals surface area contributed by atoms with E-state index < -0.39 is 12.0 Å². The molecule has 17 heavy (non-hydrogen) atoms. The lowest BCUT2D eigenvalue weighted by Gasteiger charge is -2.26. The number of hydrogen-bond acceptors (Lipinski definition) is 3. The Morgan fingerprint density at radius 2 is 2.12 bits per heavy atom. The molecule has 98 valence electrons. The van der Waals surface area contributed by atoms with Gasteiger partial charge in [0.2, 0.25) is 0 Å². The zero-order valence-corrected chi connectivity index (χ0v) is 10.5. The number of nitrogens with one attached hydrogen (secondary N) is 1. The van der Waals surface area contributed by atoms with Gasteiger partial charge >= 0.3 is 12.0 Å². The van der Waals surface area contributed by atoms with Gasteiger partial charge in [-0.1, -0.05) is 13.8 Å². The van der Waals surface area contributed by atoms with Gasteiger partial charge in [0.15, 0.2) is 0 Å². The number of carboxylic acids is 1. The molecule has 0 aliphatic carbocycles. The highest BCUT2D eigenvalue weighted by atomic mass is 16.5. The Bertz CT molecular complexity index is 287. The van der Waals surface area contributed by atoms with Crippen molar-refractivity contribution in [2.45, 2.75) is 32.4 Å². The van der Waals surface area contributed by atoms with E-state index in [4.69, 9.17) is 9.84 Å². The summed E-state index contributed by atoms with van der Waals surface area (Å²) in [4.78, 5) is 24.3. The quantitative estimate of drug-likeness (QED) is 0.756. The second-order valence-corrected chi connectivity index (χ2v) is 4.64. The van der Waals surface area contributed by atoms with E-state index in [0.29, 0.717) is 13.2 Å². The maximum Gasteiger partial charge on any atom is 0.326 e. The highest BCUT2D eigenvalue weighted by Crippen LogP contribution is 2.11. The molecule has 0 spiro atoms. The van der Waals surface area contributed by atoms with Gasteiger partial charge in [0.1, 0.15) is 6.04 Å². The Balaban J connectivity index is 2.54. The van der Waals surface area contributed by atoms with E-state index in [1.54, 1.807) is 20.9 Å². The second-order valence-electron chi connectivity index (χ2n) is 4.64. The van der Waals surface area contributed by atoms with Crippen molar-refractivity contribution in [3.05, 3.63) is 0 Å². The van der Waals surface area contributed by atoms with E-state index in [1.165, 1.54) is 4.90 Å². The monoisotopic (exact) mass is 244 g/mol. The molecule has 0 radical (unpaired) electrons. The number of nitrogens with zero attached hydrogens (tertiary/aromatic N) is 1. The average molecular weight is 244 g/mol. The number of urea groups is 1. The number of carbonyl (C=O) groups excluding carboxylic acids is 1. The number of ether oxygens (including phenoxy) is 1. The van der Waals surface area contributed by atoms with Crippen LogP contribution >= 0.6 is 0 Å². The summed E-state index contributed by atoms with van der Waals surface area (Å²) in [6.07, 6.45) is 0.795. The molecule has 1 fully saturated rings. The molecule has 1 rings (SSSR count). The predicted octanol–water partition coefficient (Wildman–Crippen LogP) is 0.526. The summed E-state index contributed by atoms with van der Waals surface area (Å²) in [5.74, 6) is -1.16. The van der Waals surface area contributed by atoms with E-state index in [2.05, 4.69) is 5.32 Å². The van der Waals surface area contributed by atoms with Gasteiger partial charge in [-0.05, 0) is 12.3 Å². The summed E-state index contributed by atoms with van der Waals surface area (Å²) in [5, 5.41) is 11.5. The molecular weight excluding hydrogens is 224 g/mol. The minimum absolute atomic E-state index is 0.0385. The van der Waals surface area contributed by atoms with Crippen molar-refractivity contribution in [1.82, 2.24) is 10.2 Å². The normalized spacial score (nSPS) is 21.3. The Morgan fingerprint density at radius 1 is 1.47 bits per heavy atom. The van der Waals surface area contributed by atoms with Gasteiger partial charge in [-0.25, -0.2) is 9.59 Å². The molecule has 0 bridgehead atoms. The Morgan fingerprint density at radius 3 is 2.53 bits per heavy atom. The molecule has 0 aromatic rings. The highest BCUT2D eigenvalue weighted by Gasteiger charge is 2.28. The molecule has 0 saturated carbocycles.